The van der Waals surface area contributed by atoms with Crippen LogP contribution >= 0.6 is 0 Å². The maximum absolute atomic E-state index is 14.3. The standard InChI is InChI=1S/C51H80N10O15/c1-29(2)14-11-9-7-5-4-6-8-10-12-15-32-25-42(67)55-36(26-40(52)65)47(72)57-35(24-31-17-19-33(64)20-18-31)46(71)58-37(27-41(53)66)51(76)61-23-13-16-39(61)49(74)56-34(21-22-43(68)69)45(70)59-38(28-62)48(73)60-44(30(3)63)50(75)54-32/h17-20,29-30,32,34-39,44,62-64H,4-16,21-28H2,1-3H3,(H2,52,65)(H2,53,66)(H,54,75)(H,55,67)(H,56,74)(H,57,72)(H,58,71)(H,59,70)(H,60,73)(H,68,69)/t30?,32-,34+,35-,36+,37-,38-,39+,44+/m1/s1. The van der Waals surface area contributed by atoms with Gasteiger partial charge in [0.25, 0.3) is 0 Å². The highest BCUT2D eigenvalue weighted by Crippen LogP contribution is 2.21. The Labute approximate surface area is 442 Å². The number of amides is 10. The van der Waals surface area contributed by atoms with Crippen LogP contribution in [-0.4, -0.2) is 158 Å². The lowest BCUT2D eigenvalue weighted by atomic mass is 10.0. The zero-order valence-electron chi connectivity index (χ0n) is 43.8. The predicted octanol–water partition coefficient (Wildman–Crippen LogP) is -1.34. The average molecular weight is 1070 g/mol. The first-order chi connectivity index (χ1) is 36.0. The molecule has 2 fully saturated rings. The van der Waals surface area contributed by atoms with Gasteiger partial charge in [-0.05, 0) is 56.2 Å². The molecule has 2 aliphatic rings. The molecule has 0 spiro atoms. The van der Waals surface area contributed by atoms with Crippen molar-refractivity contribution in [3.8, 4) is 5.75 Å². The van der Waals surface area contributed by atoms with Gasteiger partial charge in [0.2, 0.25) is 59.1 Å². The highest BCUT2D eigenvalue weighted by molar-refractivity contribution is 6.00. The van der Waals surface area contributed by atoms with Crippen LogP contribution in [-0.2, 0) is 59.2 Å². The molecule has 0 aromatic heterocycles. The quantitative estimate of drug-likeness (QED) is 0.0564. The third kappa shape index (κ3) is 22.5. The third-order valence-electron chi connectivity index (χ3n) is 13.2. The lowest BCUT2D eigenvalue weighted by Gasteiger charge is -2.30. The van der Waals surface area contributed by atoms with Crippen molar-refractivity contribution in [2.45, 2.75) is 197 Å². The second kappa shape index (κ2) is 32.5. The van der Waals surface area contributed by atoms with Crippen LogP contribution in [0, 0.1) is 5.92 Å². The van der Waals surface area contributed by atoms with Gasteiger partial charge in [0.1, 0.15) is 48.0 Å². The Morgan fingerprint density at radius 1 is 0.632 bits per heavy atom. The van der Waals surface area contributed by atoms with E-state index in [1.807, 2.05) is 0 Å². The fraction of sp³-hybridized carbons (Fsp3) is 0.667. The van der Waals surface area contributed by atoms with E-state index < -0.39 is 158 Å². The summed E-state index contributed by atoms with van der Waals surface area (Å²) in [5, 5.41) is 57.5. The maximum atomic E-state index is 14.3. The summed E-state index contributed by atoms with van der Waals surface area (Å²) in [6.45, 7) is 4.38. The first-order valence-electron chi connectivity index (χ1n) is 26.3. The van der Waals surface area contributed by atoms with E-state index in [0.29, 0.717) is 24.3 Å². The molecular formula is C51H80N10O15. The summed E-state index contributed by atoms with van der Waals surface area (Å²) in [7, 11) is 0. The number of nitrogens with zero attached hydrogens (tertiary/aromatic N) is 1. The first-order valence-corrected chi connectivity index (χ1v) is 26.3. The van der Waals surface area contributed by atoms with Gasteiger partial charge < -0.3 is 74.0 Å². The summed E-state index contributed by atoms with van der Waals surface area (Å²) in [5.74, 6) is -11.3. The molecule has 76 heavy (non-hydrogen) atoms. The Morgan fingerprint density at radius 2 is 1.16 bits per heavy atom. The van der Waals surface area contributed by atoms with Crippen LogP contribution in [0.4, 0.5) is 0 Å². The number of carboxylic acid groups (broad SMARTS) is 1. The number of carbonyl (C=O) groups is 11. The number of unbranched alkanes of at least 4 members (excludes halogenated alkanes) is 8. The molecule has 1 aromatic carbocycles. The number of nitrogens with one attached hydrogen (secondary N) is 7. The normalized spacial score (nSPS) is 24.3. The average Bonchev–Trinajstić information content (AvgIpc) is 3.84. The molecular weight excluding hydrogens is 993 g/mol. The summed E-state index contributed by atoms with van der Waals surface area (Å²) in [6, 6.07) is -7.32. The maximum Gasteiger partial charge on any atom is 0.303 e. The zero-order valence-corrected chi connectivity index (χ0v) is 43.8. The number of phenols is 1. The fourth-order valence-electron chi connectivity index (χ4n) is 9.04. The van der Waals surface area contributed by atoms with Crippen LogP contribution in [0.15, 0.2) is 24.3 Å². The molecule has 2 saturated heterocycles. The van der Waals surface area contributed by atoms with Crippen molar-refractivity contribution < 1.29 is 73.2 Å². The van der Waals surface area contributed by atoms with Crippen molar-refractivity contribution in [1.29, 1.82) is 0 Å². The zero-order chi connectivity index (χ0) is 56.5. The molecule has 1 unspecified atom stereocenters. The van der Waals surface area contributed by atoms with Gasteiger partial charge in [-0.3, -0.25) is 52.7 Å². The smallest absolute Gasteiger partial charge is 0.303 e. The molecule has 10 amide bonds. The number of carbonyl (C=O) groups excluding carboxylic acids is 10. The van der Waals surface area contributed by atoms with Gasteiger partial charge in [0.15, 0.2) is 0 Å². The number of carboxylic acids is 1. The topological polar surface area (TPSA) is 408 Å². The molecule has 424 valence electrons. The van der Waals surface area contributed by atoms with Crippen LogP contribution in [0.2, 0.25) is 0 Å². The van der Waals surface area contributed by atoms with Crippen LogP contribution in [0.1, 0.15) is 142 Å². The number of aromatic hydroxyl groups is 1. The Morgan fingerprint density at radius 3 is 1.74 bits per heavy atom. The van der Waals surface area contributed by atoms with Crippen molar-refractivity contribution in [1.82, 2.24) is 42.1 Å². The lowest BCUT2D eigenvalue weighted by Crippen LogP contribution is -2.61. The van der Waals surface area contributed by atoms with Gasteiger partial charge in [-0.1, -0.05) is 90.2 Å². The Hall–Kier alpha value is -6.89. The van der Waals surface area contributed by atoms with Gasteiger partial charge in [0, 0.05) is 31.8 Å². The van der Waals surface area contributed by atoms with Gasteiger partial charge in [-0.15, -0.1) is 0 Å². The second-order valence-corrected chi connectivity index (χ2v) is 20.2. The van der Waals surface area contributed by atoms with Crippen LogP contribution in [0.3, 0.4) is 0 Å². The molecule has 0 aliphatic carbocycles. The first kappa shape index (κ1) is 63.4. The summed E-state index contributed by atoms with van der Waals surface area (Å²) < 4.78 is 0. The number of aliphatic carboxylic acids is 1. The Balaban J connectivity index is 2.07. The van der Waals surface area contributed by atoms with Crippen LogP contribution < -0.4 is 48.7 Å². The van der Waals surface area contributed by atoms with E-state index >= 15 is 0 Å². The SMILES string of the molecule is CC(C)CCCCCCCCCCC[C@@H]1CC(=O)N[C@@H](CC(N)=O)C(=O)N[C@H](Cc2ccc(O)cc2)C(=O)N[C@H](CC(N)=O)C(=O)N2CCC[C@H]2C(=O)N[C@@H](CCC(=O)O)C(=O)N[C@H](CO)C(=O)N[C@@H](C(C)O)C(=O)N1. The van der Waals surface area contributed by atoms with Gasteiger partial charge >= 0.3 is 5.97 Å². The van der Waals surface area contributed by atoms with E-state index in [9.17, 15) is 73.2 Å². The summed E-state index contributed by atoms with van der Waals surface area (Å²) in [4.78, 5) is 149. The Bertz CT molecular complexity index is 2160. The number of nitrogens with two attached hydrogens (primary N) is 2. The molecule has 9 atom stereocenters. The summed E-state index contributed by atoms with van der Waals surface area (Å²) in [6.07, 6.45) is 4.85. The van der Waals surface area contributed by atoms with Crippen molar-refractivity contribution in [3.05, 3.63) is 29.8 Å². The number of primary amides is 2. The van der Waals surface area contributed by atoms with Crippen molar-refractivity contribution >= 4 is 65.0 Å². The van der Waals surface area contributed by atoms with Crippen molar-refractivity contribution in [2.24, 2.45) is 17.4 Å². The molecule has 1 aromatic rings. The monoisotopic (exact) mass is 1070 g/mol. The van der Waals surface area contributed by atoms with E-state index in [1.54, 1.807) is 0 Å². The minimum Gasteiger partial charge on any atom is -0.508 e. The summed E-state index contributed by atoms with van der Waals surface area (Å²) in [5.41, 5.74) is 11.4. The molecule has 25 nitrogen and oxygen atoms in total. The van der Waals surface area contributed by atoms with Crippen molar-refractivity contribution in [2.75, 3.05) is 13.2 Å². The van der Waals surface area contributed by atoms with Crippen LogP contribution in [0.5, 0.6) is 5.75 Å². The number of aliphatic hydroxyl groups is 2. The van der Waals surface area contributed by atoms with Crippen molar-refractivity contribution in [3.63, 3.8) is 0 Å². The lowest BCUT2D eigenvalue weighted by molar-refractivity contribution is -0.143. The molecule has 0 radical (unpaired) electrons. The number of aliphatic hydroxyl groups excluding tert-OH is 2. The molecule has 3 rings (SSSR count). The minimum absolute atomic E-state index is 0.0151. The minimum atomic E-state index is -1.84. The molecule has 2 aliphatic heterocycles. The van der Waals surface area contributed by atoms with Crippen LogP contribution in [0.25, 0.3) is 0 Å². The number of hydrogen-bond acceptors (Lipinski definition) is 14. The molecule has 25 heteroatoms. The van der Waals surface area contributed by atoms with E-state index in [0.717, 1.165) is 43.4 Å². The second-order valence-electron chi connectivity index (χ2n) is 20.2. The van der Waals surface area contributed by atoms with E-state index in [2.05, 4.69) is 51.1 Å². The number of hydrogen-bond donors (Lipinski definition) is 13. The van der Waals surface area contributed by atoms with Gasteiger partial charge in [-0.2, -0.15) is 0 Å². The fourth-order valence-corrected chi connectivity index (χ4v) is 9.04. The molecule has 2 heterocycles. The highest BCUT2D eigenvalue weighted by atomic mass is 16.4. The van der Waals surface area contributed by atoms with Gasteiger partial charge in [0.05, 0.1) is 25.6 Å². The predicted molar refractivity (Wildman–Crippen MR) is 274 cm³/mol. The number of phenolic OH excluding ortho intramolecular Hbond substituents is 1. The molecule has 0 saturated carbocycles. The van der Waals surface area contributed by atoms with E-state index in [4.69, 9.17) is 11.5 Å². The number of fused-ring (bicyclic) bond motifs is 1. The Kier molecular flexibility index (Phi) is 27.1. The number of benzene rings is 1. The highest BCUT2D eigenvalue weighted by Gasteiger charge is 2.41. The molecule has 15 N–H and O–H groups in total. The van der Waals surface area contributed by atoms with Gasteiger partial charge in [-0.25, -0.2) is 0 Å². The van der Waals surface area contributed by atoms with E-state index in [1.165, 1.54) is 44.0 Å². The molecule has 0 bridgehead atoms. The van der Waals surface area contributed by atoms with E-state index in [-0.39, 0.29) is 38.0 Å². The summed E-state index contributed by atoms with van der Waals surface area (Å²) >= 11 is 0. The number of rotatable bonds is 23. The largest absolute Gasteiger partial charge is 0.508 e. The third-order valence-corrected chi connectivity index (χ3v) is 13.2.